The number of aryl methyl sites for hydroxylation is 1. The number of hydrogen-bond acceptors (Lipinski definition) is 13. The molecule has 0 saturated carbocycles. The fourth-order valence-corrected chi connectivity index (χ4v) is 5.81. The average molecular weight is 759 g/mol. The summed E-state index contributed by atoms with van der Waals surface area (Å²) in [5.74, 6) is 0. The molecule has 47 heavy (non-hydrogen) atoms. The molecule has 0 spiro atoms. The quantitative estimate of drug-likeness (QED) is 0.160. The van der Waals surface area contributed by atoms with Crippen molar-refractivity contribution in [2.24, 2.45) is 0 Å². The molecular formula is C32H36BrN7O4S3. The Bertz CT molecular complexity index is 1840. The van der Waals surface area contributed by atoms with E-state index in [1.54, 1.807) is 59.7 Å². The minimum atomic E-state index is -0.752. The lowest BCUT2D eigenvalue weighted by atomic mass is 10.1. The van der Waals surface area contributed by atoms with Gasteiger partial charge in [0.05, 0.1) is 41.7 Å². The summed E-state index contributed by atoms with van der Waals surface area (Å²) in [5, 5.41) is 0.875. The SMILES string of the molecule is BrCc1ccc2nsnc2c1.CC(C)(C)OC(=O)N(Cc1ccc2nsnc2c1)C(=O)OC(C)(C)C.CCc1ccc2nsnc2c1. The zero-order chi connectivity index (χ0) is 34.2. The first-order chi connectivity index (χ1) is 22.2. The Labute approximate surface area is 294 Å². The molecule has 0 N–H and O–H groups in total. The number of benzene rings is 3. The van der Waals surface area contributed by atoms with Crippen LogP contribution >= 0.6 is 51.1 Å². The zero-order valence-electron chi connectivity index (χ0n) is 27.2. The number of carbonyl (C=O) groups is 2. The van der Waals surface area contributed by atoms with Gasteiger partial charge >= 0.3 is 12.2 Å². The molecule has 6 rings (SSSR count). The molecule has 0 bridgehead atoms. The van der Waals surface area contributed by atoms with Crippen LogP contribution in [0, 0.1) is 0 Å². The van der Waals surface area contributed by atoms with Crippen molar-refractivity contribution in [3.8, 4) is 0 Å². The molecule has 248 valence electrons. The monoisotopic (exact) mass is 757 g/mol. The number of halogens is 1. The van der Waals surface area contributed by atoms with Crippen molar-refractivity contribution >= 4 is 96.4 Å². The van der Waals surface area contributed by atoms with Gasteiger partial charge in [0.25, 0.3) is 0 Å². The van der Waals surface area contributed by atoms with E-state index in [0.717, 1.165) is 67.0 Å². The molecule has 0 aliphatic heterocycles. The molecule has 0 aliphatic rings. The van der Waals surface area contributed by atoms with E-state index in [1.165, 1.54) is 34.6 Å². The summed E-state index contributed by atoms with van der Waals surface area (Å²) >= 11 is 7.03. The molecule has 0 radical (unpaired) electrons. The third kappa shape index (κ3) is 10.9. The number of carbonyl (C=O) groups excluding carboxylic acids is 2. The predicted molar refractivity (Wildman–Crippen MR) is 192 cm³/mol. The van der Waals surface area contributed by atoms with Crippen LogP contribution in [0.5, 0.6) is 0 Å². The Kier molecular flexibility index (Phi) is 12.3. The highest BCUT2D eigenvalue weighted by atomic mass is 79.9. The van der Waals surface area contributed by atoms with Gasteiger partial charge in [0.15, 0.2) is 0 Å². The average Bonchev–Trinajstić information content (AvgIpc) is 3.78. The van der Waals surface area contributed by atoms with E-state index in [4.69, 9.17) is 9.47 Å². The number of alkyl halides is 1. The molecule has 0 saturated heterocycles. The van der Waals surface area contributed by atoms with Gasteiger partial charge in [0, 0.05) is 5.33 Å². The Morgan fingerprint density at radius 3 is 1.38 bits per heavy atom. The second-order valence-corrected chi connectivity index (χ2v) is 14.4. The number of hydrogen-bond donors (Lipinski definition) is 0. The number of fused-ring (bicyclic) bond motifs is 3. The molecule has 0 aliphatic carbocycles. The summed E-state index contributed by atoms with van der Waals surface area (Å²) in [6.07, 6.45) is -0.440. The number of aromatic nitrogens is 6. The first-order valence-corrected chi connectivity index (χ1v) is 18.0. The predicted octanol–water partition coefficient (Wildman–Crippen LogP) is 9.20. The molecule has 0 fully saturated rings. The lowest BCUT2D eigenvalue weighted by Gasteiger charge is -2.28. The van der Waals surface area contributed by atoms with Gasteiger partial charge in [-0.2, -0.15) is 26.2 Å². The zero-order valence-corrected chi connectivity index (χ0v) is 31.2. The highest BCUT2D eigenvalue weighted by molar-refractivity contribution is 9.08. The molecule has 0 unspecified atom stereocenters. The van der Waals surface area contributed by atoms with Crippen LogP contribution in [0.15, 0.2) is 54.6 Å². The molecule has 2 amide bonds. The molecule has 11 nitrogen and oxygen atoms in total. The van der Waals surface area contributed by atoms with E-state index in [-0.39, 0.29) is 6.54 Å². The van der Waals surface area contributed by atoms with Gasteiger partial charge in [-0.1, -0.05) is 41.1 Å². The summed E-state index contributed by atoms with van der Waals surface area (Å²) in [7, 11) is 0. The van der Waals surface area contributed by atoms with Crippen molar-refractivity contribution in [3.05, 3.63) is 71.3 Å². The summed E-state index contributed by atoms with van der Waals surface area (Å²) in [6, 6.07) is 17.7. The minimum absolute atomic E-state index is 0.0251. The Morgan fingerprint density at radius 2 is 0.979 bits per heavy atom. The molecule has 6 aromatic rings. The molecule has 15 heteroatoms. The van der Waals surface area contributed by atoms with Crippen LogP contribution in [-0.2, 0) is 27.8 Å². The Hall–Kier alpha value is -3.66. The first-order valence-electron chi connectivity index (χ1n) is 14.7. The number of nitrogens with zero attached hydrogens (tertiary/aromatic N) is 7. The van der Waals surface area contributed by atoms with Crippen LogP contribution in [0.2, 0.25) is 0 Å². The number of ether oxygens (including phenoxy) is 2. The van der Waals surface area contributed by atoms with E-state index in [0.29, 0.717) is 0 Å². The van der Waals surface area contributed by atoms with Gasteiger partial charge in [-0.05, 0) is 101 Å². The van der Waals surface area contributed by atoms with E-state index in [2.05, 4.69) is 67.3 Å². The van der Waals surface area contributed by atoms with Gasteiger partial charge in [0.2, 0.25) is 0 Å². The van der Waals surface area contributed by atoms with Gasteiger partial charge < -0.3 is 9.47 Å². The molecule has 3 aromatic heterocycles. The van der Waals surface area contributed by atoms with Crippen LogP contribution in [0.25, 0.3) is 33.1 Å². The third-order valence-corrected chi connectivity index (χ3v) is 8.40. The van der Waals surface area contributed by atoms with Crippen LogP contribution in [0.4, 0.5) is 9.59 Å². The van der Waals surface area contributed by atoms with Crippen LogP contribution in [0.1, 0.15) is 65.2 Å². The van der Waals surface area contributed by atoms with Crippen LogP contribution in [-0.4, -0.2) is 54.5 Å². The largest absolute Gasteiger partial charge is 0.443 e. The fourth-order valence-electron chi connectivity index (χ4n) is 3.90. The summed E-state index contributed by atoms with van der Waals surface area (Å²) in [6.45, 7) is 12.6. The highest BCUT2D eigenvalue weighted by Crippen LogP contribution is 2.20. The second kappa shape index (κ2) is 16.0. The van der Waals surface area contributed by atoms with Crippen LogP contribution in [0.3, 0.4) is 0 Å². The van der Waals surface area contributed by atoms with Gasteiger partial charge in [-0.3, -0.25) is 0 Å². The van der Waals surface area contributed by atoms with E-state index < -0.39 is 23.4 Å². The third-order valence-electron chi connectivity index (χ3n) is 6.09. The minimum Gasteiger partial charge on any atom is -0.443 e. The maximum absolute atomic E-state index is 12.5. The number of rotatable bonds is 4. The fraction of sp³-hybridized carbons (Fsp3) is 0.375. The molecule has 0 atom stereocenters. The van der Waals surface area contributed by atoms with Gasteiger partial charge in [-0.25, -0.2) is 14.5 Å². The van der Waals surface area contributed by atoms with Gasteiger partial charge in [0.1, 0.15) is 44.3 Å². The Balaban J connectivity index is 0.000000185. The lowest BCUT2D eigenvalue weighted by molar-refractivity contribution is -0.000250. The first kappa shape index (κ1) is 36.2. The van der Waals surface area contributed by atoms with E-state index in [9.17, 15) is 9.59 Å². The second-order valence-electron chi connectivity index (χ2n) is 12.3. The molecule has 3 aromatic carbocycles. The topological polar surface area (TPSA) is 133 Å². The van der Waals surface area contributed by atoms with Gasteiger partial charge in [-0.15, -0.1) is 0 Å². The highest BCUT2D eigenvalue weighted by Gasteiger charge is 2.31. The van der Waals surface area contributed by atoms with Crippen molar-refractivity contribution in [2.75, 3.05) is 0 Å². The maximum atomic E-state index is 12.5. The number of amides is 2. The van der Waals surface area contributed by atoms with E-state index in [1.807, 2.05) is 18.2 Å². The summed E-state index contributed by atoms with van der Waals surface area (Å²) in [5.41, 5.74) is 7.35. The lowest BCUT2D eigenvalue weighted by Crippen LogP contribution is -2.43. The van der Waals surface area contributed by atoms with Crippen LogP contribution < -0.4 is 0 Å². The van der Waals surface area contributed by atoms with Crippen molar-refractivity contribution in [2.45, 2.75) is 78.0 Å². The standard InChI is InChI=1S/C17H23N3O4S.C8H8N2S.C7H5BrN2S/c1-16(2,3)23-14(21)20(15(22)24-17(4,5)6)10-11-7-8-12-13(9-11)19-25-18-12;1-2-6-3-4-7-8(5-6)10-11-9-7;8-4-5-1-2-6-7(3-5)10-11-9-6/h7-9H,10H2,1-6H3;3-5H,2H2,1H3;1-3H,4H2. The summed E-state index contributed by atoms with van der Waals surface area (Å²) in [4.78, 5) is 25.9. The van der Waals surface area contributed by atoms with Crippen molar-refractivity contribution in [1.82, 2.24) is 31.1 Å². The van der Waals surface area contributed by atoms with Crippen molar-refractivity contribution < 1.29 is 19.1 Å². The normalized spacial score (nSPS) is 11.4. The summed E-state index contributed by atoms with van der Waals surface area (Å²) < 4.78 is 35.5. The van der Waals surface area contributed by atoms with E-state index >= 15 is 0 Å². The Morgan fingerprint density at radius 1 is 0.617 bits per heavy atom. The molecular weight excluding hydrogens is 723 g/mol. The maximum Gasteiger partial charge on any atom is 0.420 e. The molecule has 3 heterocycles. The van der Waals surface area contributed by atoms with Crippen molar-refractivity contribution in [3.63, 3.8) is 0 Å². The van der Waals surface area contributed by atoms with Crippen molar-refractivity contribution in [1.29, 1.82) is 0 Å². The smallest absolute Gasteiger partial charge is 0.420 e. The number of imide groups is 1.